The Balaban J connectivity index is 1.98. The maximum absolute atomic E-state index is 11.7. The van der Waals surface area contributed by atoms with Gasteiger partial charge in [0.1, 0.15) is 0 Å². The van der Waals surface area contributed by atoms with Crippen molar-refractivity contribution in [1.82, 2.24) is 25.9 Å². The minimum Gasteiger partial charge on any atom is -0.345 e. The van der Waals surface area contributed by atoms with Gasteiger partial charge in [-0.2, -0.15) is 5.21 Å². The molecule has 82 valence electrons. The Hall–Kier alpha value is -1.51. The molecule has 0 unspecified atom stereocenters. The number of halogens is 1. The van der Waals surface area contributed by atoms with Gasteiger partial charge >= 0.3 is 0 Å². The summed E-state index contributed by atoms with van der Waals surface area (Å²) < 4.78 is 1.02. The standard InChI is InChI=1S/C9H8IN5O/c10-7-3-1-2-6(4-7)9(16)11-5-8-12-14-15-13-8/h1-4H,5H2,(H,11,16)(H,12,13,14,15). The van der Waals surface area contributed by atoms with Gasteiger partial charge in [0.2, 0.25) is 0 Å². The maximum atomic E-state index is 11.7. The summed E-state index contributed by atoms with van der Waals surface area (Å²) in [6, 6.07) is 7.33. The van der Waals surface area contributed by atoms with Gasteiger partial charge in [0.05, 0.1) is 6.54 Å². The smallest absolute Gasteiger partial charge is 0.251 e. The molecule has 0 fully saturated rings. The van der Waals surface area contributed by atoms with E-state index >= 15 is 0 Å². The lowest BCUT2D eigenvalue weighted by Gasteiger charge is -2.02. The van der Waals surface area contributed by atoms with Gasteiger partial charge in [-0.1, -0.05) is 11.3 Å². The van der Waals surface area contributed by atoms with Crippen molar-refractivity contribution in [1.29, 1.82) is 0 Å². The van der Waals surface area contributed by atoms with Gasteiger partial charge in [0.25, 0.3) is 5.91 Å². The molecule has 1 heterocycles. The number of nitrogens with one attached hydrogen (secondary N) is 2. The molecule has 0 aliphatic carbocycles. The molecule has 0 aliphatic heterocycles. The summed E-state index contributed by atoms with van der Waals surface area (Å²) in [4.78, 5) is 11.7. The monoisotopic (exact) mass is 329 g/mol. The number of nitrogens with zero attached hydrogens (tertiary/aromatic N) is 3. The molecule has 2 rings (SSSR count). The van der Waals surface area contributed by atoms with Crippen LogP contribution in [0.15, 0.2) is 24.3 Å². The molecule has 0 bridgehead atoms. The third kappa shape index (κ3) is 2.75. The Labute approximate surface area is 105 Å². The molecule has 0 aliphatic rings. The molecular weight excluding hydrogens is 321 g/mol. The fourth-order valence-corrected chi connectivity index (χ4v) is 1.69. The Morgan fingerprint density at radius 3 is 3.06 bits per heavy atom. The lowest BCUT2D eigenvalue weighted by molar-refractivity contribution is 0.0950. The lowest BCUT2D eigenvalue weighted by Crippen LogP contribution is -2.23. The van der Waals surface area contributed by atoms with Crippen LogP contribution in [0, 0.1) is 3.57 Å². The normalized spacial score (nSPS) is 10.1. The minimum absolute atomic E-state index is 0.150. The molecule has 1 aromatic heterocycles. The topological polar surface area (TPSA) is 83.6 Å². The molecule has 0 radical (unpaired) electrons. The predicted molar refractivity (Wildman–Crippen MR) is 64.5 cm³/mol. The van der Waals surface area contributed by atoms with Gasteiger partial charge in [-0.15, -0.1) is 10.2 Å². The number of carbonyl (C=O) groups is 1. The van der Waals surface area contributed by atoms with E-state index in [1.165, 1.54) is 0 Å². The molecule has 2 N–H and O–H groups in total. The molecule has 16 heavy (non-hydrogen) atoms. The Morgan fingerprint density at radius 1 is 1.50 bits per heavy atom. The molecule has 1 aromatic carbocycles. The number of hydrogen-bond acceptors (Lipinski definition) is 4. The van der Waals surface area contributed by atoms with Crippen LogP contribution >= 0.6 is 22.6 Å². The highest BCUT2D eigenvalue weighted by Gasteiger charge is 2.06. The molecule has 6 nitrogen and oxygen atoms in total. The fourth-order valence-electron chi connectivity index (χ4n) is 1.15. The molecule has 0 saturated heterocycles. The third-order valence-corrected chi connectivity index (χ3v) is 2.55. The first-order chi connectivity index (χ1) is 7.75. The number of tetrazole rings is 1. The van der Waals surface area contributed by atoms with Crippen LogP contribution in [0.2, 0.25) is 0 Å². The van der Waals surface area contributed by atoms with Crippen LogP contribution in [0.5, 0.6) is 0 Å². The molecule has 0 saturated carbocycles. The minimum atomic E-state index is -0.150. The summed E-state index contributed by atoms with van der Waals surface area (Å²) in [5.41, 5.74) is 0.621. The van der Waals surface area contributed by atoms with Crippen LogP contribution < -0.4 is 5.32 Å². The average Bonchev–Trinajstić information content (AvgIpc) is 2.78. The summed E-state index contributed by atoms with van der Waals surface area (Å²) in [6.07, 6.45) is 0. The van der Waals surface area contributed by atoms with Gasteiger partial charge in [0.15, 0.2) is 5.82 Å². The van der Waals surface area contributed by atoms with Gasteiger partial charge < -0.3 is 5.32 Å². The van der Waals surface area contributed by atoms with Crippen molar-refractivity contribution in [2.45, 2.75) is 6.54 Å². The van der Waals surface area contributed by atoms with Gasteiger partial charge in [-0.3, -0.25) is 4.79 Å². The van der Waals surface area contributed by atoms with E-state index < -0.39 is 0 Å². The van der Waals surface area contributed by atoms with Crippen molar-refractivity contribution in [2.75, 3.05) is 0 Å². The van der Waals surface area contributed by atoms with Crippen LogP contribution in [-0.4, -0.2) is 26.5 Å². The molecule has 2 aromatic rings. The van der Waals surface area contributed by atoms with E-state index in [1.54, 1.807) is 6.07 Å². The molecule has 0 spiro atoms. The van der Waals surface area contributed by atoms with Crippen molar-refractivity contribution in [3.63, 3.8) is 0 Å². The lowest BCUT2D eigenvalue weighted by atomic mass is 10.2. The third-order valence-electron chi connectivity index (χ3n) is 1.88. The van der Waals surface area contributed by atoms with Crippen molar-refractivity contribution >= 4 is 28.5 Å². The SMILES string of the molecule is O=C(NCc1nn[nH]n1)c1cccc(I)c1. The van der Waals surface area contributed by atoms with E-state index in [2.05, 4.69) is 48.5 Å². The second-order valence-corrected chi connectivity index (χ2v) is 4.27. The average molecular weight is 329 g/mol. The Kier molecular flexibility index (Phi) is 3.44. The van der Waals surface area contributed by atoms with E-state index in [1.807, 2.05) is 18.2 Å². The van der Waals surface area contributed by atoms with Crippen LogP contribution in [0.4, 0.5) is 0 Å². The first-order valence-corrected chi connectivity index (χ1v) is 5.59. The summed E-state index contributed by atoms with van der Waals surface area (Å²) in [6.45, 7) is 0.265. The number of rotatable bonds is 3. The largest absolute Gasteiger partial charge is 0.345 e. The van der Waals surface area contributed by atoms with Crippen LogP contribution in [-0.2, 0) is 6.54 Å². The van der Waals surface area contributed by atoms with Crippen molar-refractivity contribution in [3.8, 4) is 0 Å². The summed E-state index contributed by atoms with van der Waals surface area (Å²) in [7, 11) is 0. The number of benzene rings is 1. The predicted octanol–water partition coefficient (Wildman–Crippen LogP) is 0.734. The van der Waals surface area contributed by atoms with Crippen molar-refractivity contribution < 1.29 is 4.79 Å². The Bertz CT molecular complexity index is 484. The quantitative estimate of drug-likeness (QED) is 0.814. The maximum Gasteiger partial charge on any atom is 0.251 e. The van der Waals surface area contributed by atoms with E-state index in [0.29, 0.717) is 11.4 Å². The summed E-state index contributed by atoms with van der Waals surface area (Å²) >= 11 is 2.16. The fraction of sp³-hybridized carbons (Fsp3) is 0.111. The molecule has 1 amide bonds. The molecule has 7 heteroatoms. The Morgan fingerprint density at radius 2 is 2.38 bits per heavy atom. The zero-order valence-electron chi connectivity index (χ0n) is 8.14. The second kappa shape index (κ2) is 5.01. The van der Waals surface area contributed by atoms with E-state index in [-0.39, 0.29) is 12.5 Å². The number of amides is 1. The van der Waals surface area contributed by atoms with E-state index in [4.69, 9.17) is 0 Å². The number of aromatic amines is 1. The van der Waals surface area contributed by atoms with Crippen LogP contribution in [0.3, 0.4) is 0 Å². The number of hydrogen-bond donors (Lipinski definition) is 2. The molecular formula is C9H8IN5O. The first kappa shape index (κ1) is 11.0. The van der Waals surface area contributed by atoms with E-state index in [0.717, 1.165) is 3.57 Å². The summed E-state index contributed by atoms with van der Waals surface area (Å²) in [5.74, 6) is 0.308. The zero-order valence-corrected chi connectivity index (χ0v) is 10.3. The van der Waals surface area contributed by atoms with Gasteiger partial charge in [-0.05, 0) is 40.8 Å². The van der Waals surface area contributed by atoms with Crippen molar-refractivity contribution in [3.05, 3.63) is 39.2 Å². The first-order valence-electron chi connectivity index (χ1n) is 4.52. The number of aromatic nitrogens is 4. The highest BCUT2D eigenvalue weighted by molar-refractivity contribution is 14.1. The zero-order chi connectivity index (χ0) is 11.4. The highest BCUT2D eigenvalue weighted by atomic mass is 127. The number of carbonyl (C=O) groups excluding carboxylic acids is 1. The van der Waals surface area contributed by atoms with Crippen molar-refractivity contribution in [2.24, 2.45) is 0 Å². The second-order valence-electron chi connectivity index (χ2n) is 3.02. The van der Waals surface area contributed by atoms with E-state index in [9.17, 15) is 4.79 Å². The van der Waals surface area contributed by atoms with Gasteiger partial charge in [0, 0.05) is 9.13 Å². The highest BCUT2D eigenvalue weighted by Crippen LogP contribution is 2.07. The van der Waals surface area contributed by atoms with Crippen LogP contribution in [0.1, 0.15) is 16.2 Å². The van der Waals surface area contributed by atoms with Crippen LogP contribution in [0.25, 0.3) is 0 Å². The number of H-pyrrole nitrogens is 1. The van der Waals surface area contributed by atoms with Gasteiger partial charge in [-0.25, -0.2) is 0 Å². The summed E-state index contributed by atoms with van der Waals surface area (Å²) in [5, 5.41) is 15.9. The molecule has 0 atom stereocenters.